The molecular formula is C13H16N4O2. The summed E-state index contributed by atoms with van der Waals surface area (Å²) in [5.74, 6) is 0.900. The van der Waals surface area contributed by atoms with E-state index in [4.69, 9.17) is 10.5 Å². The second-order valence-corrected chi connectivity index (χ2v) is 4.02. The summed E-state index contributed by atoms with van der Waals surface area (Å²) in [7, 11) is 1.63. The first kappa shape index (κ1) is 12.9. The van der Waals surface area contributed by atoms with E-state index in [1.54, 1.807) is 7.11 Å². The van der Waals surface area contributed by atoms with Crippen LogP contribution in [0, 0.1) is 0 Å². The summed E-state index contributed by atoms with van der Waals surface area (Å²) >= 11 is 0. The van der Waals surface area contributed by atoms with Crippen LogP contribution in [0.5, 0.6) is 5.75 Å². The lowest BCUT2D eigenvalue weighted by Gasteiger charge is -2.08. The van der Waals surface area contributed by atoms with Gasteiger partial charge in [0.25, 0.3) is 5.91 Å². The van der Waals surface area contributed by atoms with Gasteiger partial charge in [-0.05, 0) is 18.1 Å². The number of amides is 1. The second-order valence-electron chi connectivity index (χ2n) is 4.02. The normalized spacial score (nSPS) is 10.2. The highest BCUT2D eigenvalue weighted by atomic mass is 16.5. The summed E-state index contributed by atoms with van der Waals surface area (Å²) in [6.45, 7) is 0.512. The molecule has 0 radical (unpaired) electrons. The zero-order valence-corrected chi connectivity index (χ0v) is 10.6. The minimum atomic E-state index is -0.223. The average Bonchev–Trinajstić information content (AvgIpc) is 2.86. The largest absolute Gasteiger partial charge is 0.496 e. The number of anilines is 1. The summed E-state index contributed by atoms with van der Waals surface area (Å²) in [6, 6.07) is 9.22. The lowest BCUT2D eigenvalue weighted by atomic mass is 10.1. The molecule has 1 aromatic heterocycles. The minimum absolute atomic E-state index is 0.223. The van der Waals surface area contributed by atoms with Crippen LogP contribution in [0.15, 0.2) is 30.3 Å². The number of nitrogens with two attached hydrogens (primary N) is 1. The monoisotopic (exact) mass is 260 g/mol. The number of rotatable bonds is 5. The highest BCUT2D eigenvalue weighted by molar-refractivity contribution is 5.92. The maximum absolute atomic E-state index is 11.7. The molecule has 2 rings (SSSR count). The molecule has 0 atom stereocenters. The van der Waals surface area contributed by atoms with E-state index in [-0.39, 0.29) is 5.91 Å². The Morgan fingerprint density at radius 2 is 2.26 bits per heavy atom. The maximum atomic E-state index is 11.7. The summed E-state index contributed by atoms with van der Waals surface area (Å²) in [4.78, 5) is 11.7. The SMILES string of the molecule is COc1ccccc1CCNC(=O)c1cc(N)n[nH]1. The predicted octanol–water partition coefficient (Wildman–Crippen LogP) is 0.973. The van der Waals surface area contributed by atoms with Crippen molar-refractivity contribution in [1.29, 1.82) is 0 Å². The van der Waals surface area contributed by atoms with E-state index in [2.05, 4.69) is 15.5 Å². The van der Waals surface area contributed by atoms with Gasteiger partial charge in [-0.1, -0.05) is 18.2 Å². The molecule has 0 bridgehead atoms. The first-order chi connectivity index (χ1) is 9.20. The first-order valence-corrected chi connectivity index (χ1v) is 5.91. The van der Waals surface area contributed by atoms with Gasteiger partial charge in [-0.15, -0.1) is 0 Å². The minimum Gasteiger partial charge on any atom is -0.496 e. The third-order valence-electron chi connectivity index (χ3n) is 2.71. The molecule has 2 aromatic rings. The molecule has 0 saturated heterocycles. The zero-order chi connectivity index (χ0) is 13.7. The quantitative estimate of drug-likeness (QED) is 0.747. The van der Waals surface area contributed by atoms with Crippen LogP contribution in [-0.4, -0.2) is 29.8 Å². The Morgan fingerprint density at radius 1 is 1.47 bits per heavy atom. The Labute approximate surface area is 111 Å². The van der Waals surface area contributed by atoms with Crippen molar-refractivity contribution in [2.45, 2.75) is 6.42 Å². The topological polar surface area (TPSA) is 93.0 Å². The van der Waals surface area contributed by atoms with Crippen molar-refractivity contribution in [1.82, 2.24) is 15.5 Å². The molecule has 1 heterocycles. The Hall–Kier alpha value is -2.50. The van der Waals surface area contributed by atoms with E-state index in [1.807, 2.05) is 24.3 Å². The summed E-state index contributed by atoms with van der Waals surface area (Å²) in [5, 5.41) is 9.06. The van der Waals surface area contributed by atoms with Crippen LogP contribution in [0.3, 0.4) is 0 Å². The van der Waals surface area contributed by atoms with Gasteiger partial charge in [0, 0.05) is 12.6 Å². The van der Waals surface area contributed by atoms with Crippen molar-refractivity contribution in [3.63, 3.8) is 0 Å². The number of carbonyl (C=O) groups is 1. The van der Waals surface area contributed by atoms with Crippen molar-refractivity contribution in [3.8, 4) is 5.75 Å². The number of benzene rings is 1. The van der Waals surface area contributed by atoms with Gasteiger partial charge in [0.2, 0.25) is 0 Å². The fourth-order valence-electron chi connectivity index (χ4n) is 1.77. The van der Waals surface area contributed by atoms with Crippen LogP contribution in [0.2, 0.25) is 0 Å². The van der Waals surface area contributed by atoms with Crippen LogP contribution in [0.1, 0.15) is 16.1 Å². The second kappa shape index (κ2) is 5.90. The van der Waals surface area contributed by atoms with Crippen molar-refractivity contribution in [2.24, 2.45) is 0 Å². The number of aromatic amines is 1. The van der Waals surface area contributed by atoms with Crippen molar-refractivity contribution in [2.75, 3.05) is 19.4 Å². The van der Waals surface area contributed by atoms with E-state index in [0.29, 0.717) is 24.5 Å². The third-order valence-corrected chi connectivity index (χ3v) is 2.71. The Balaban J connectivity index is 1.88. The molecule has 6 heteroatoms. The van der Waals surface area contributed by atoms with Crippen LogP contribution >= 0.6 is 0 Å². The fraction of sp³-hybridized carbons (Fsp3) is 0.231. The number of ether oxygens (including phenoxy) is 1. The molecule has 6 nitrogen and oxygen atoms in total. The zero-order valence-electron chi connectivity index (χ0n) is 10.6. The molecular weight excluding hydrogens is 244 g/mol. The number of nitrogen functional groups attached to an aromatic ring is 1. The van der Waals surface area contributed by atoms with Crippen LogP contribution in [0.25, 0.3) is 0 Å². The van der Waals surface area contributed by atoms with Crippen LogP contribution < -0.4 is 15.8 Å². The number of methoxy groups -OCH3 is 1. The first-order valence-electron chi connectivity index (χ1n) is 5.91. The molecule has 0 fully saturated rings. The van der Waals surface area contributed by atoms with Gasteiger partial charge in [-0.25, -0.2) is 0 Å². The molecule has 0 aliphatic carbocycles. The molecule has 0 unspecified atom stereocenters. The molecule has 0 aliphatic rings. The van der Waals surface area contributed by atoms with Gasteiger partial charge in [0.15, 0.2) is 0 Å². The molecule has 1 aromatic carbocycles. The van der Waals surface area contributed by atoms with Crippen LogP contribution in [-0.2, 0) is 6.42 Å². The number of para-hydroxylation sites is 1. The third kappa shape index (κ3) is 3.25. The molecule has 0 aliphatic heterocycles. The van der Waals surface area contributed by atoms with E-state index in [1.165, 1.54) is 6.07 Å². The molecule has 0 spiro atoms. The van der Waals surface area contributed by atoms with Gasteiger partial charge in [0.1, 0.15) is 17.3 Å². The standard InChI is InChI=1S/C13H16N4O2/c1-19-11-5-3-2-4-9(11)6-7-15-13(18)10-8-12(14)17-16-10/h2-5,8H,6-7H2,1H3,(H,15,18)(H3,14,16,17). The van der Waals surface area contributed by atoms with Crippen LogP contribution in [0.4, 0.5) is 5.82 Å². The Kier molecular flexibility index (Phi) is 4.02. The molecule has 1 amide bonds. The van der Waals surface area contributed by atoms with E-state index >= 15 is 0 Å². The fourth-order valence-corrected chi connectivity index (χ4v) is 1.77. The molecule has 4 N–H and O–H groups in total. The number of aromatic nitrogens is 2. The average molecular weight is 260 g/mol. The Morgan fingerprint density at radius 3 is 2.95 bits per heavy atom. The van der Waals surface area contributed by atoms with Crippen molar-refractivity contribution >= 4 is 11.7 Å². The summed E-state index contributed by atoms with van der Waals surface area (Å²) < 4.78 is 5.25. The number of hydrogen-bond donors (Lipinski definition) is 3. The highest BCUT2D eigenvalue weighted by Gasteiger charge is 2.08. The maximum Gasteiger partial charge on any atom is 0.269 e. The smallest absolute Gasteiger partial charge is 0.269 e. The Bertz CT molecular complexity index is 565. The van der Waals surface area contributed by atoms with Gasteiger partial charge in [-0.2, -0.15) is 5.10 Å². The van der Waals surface area contributed by atoms with Gasteiger partial charge in [0.05, 0.1) is 7.11 Å². The number of carbonyl (C=O) groups excluding carboxylic acids is 1. The van der Waals surface area contributed by atoms with E-state index in [0.717, 1.165) is 11.3 Å². The highest BCUT2D eigenvalue weighted by Crippen LogP contribution is 2.17. The van der Waals surface area contributed by atoms with Gasteiger partial charge >= 0.3 is 0 Å². The number of hydrogen-bond acceptors (Lipinski definition) is 4. The van der Waals surface area contributed by atoms with E-state index in [9.17, 15) is 4.79 Å². The van der Waals surface area contributed by atoms with Gasteiger partial charge in [-0.3, -0.25) is 9.89 Å². The predicted molar refractivity (Wildman–Crippen MR) is 72.0 cm³/mol. The number of nitrogens with one attached hydrogen (secondary N) is 2. The lowest BCUT2D eigenvalue weighted by Crippen LogP contribution is -2.26. The van der Waals surface area contributed by atoms with E-state index < -0.39 is 0 Å². The lowest BCUT2D eigenvalue weighted by molar-refractivity contribution is 0.0949. The molecule has 100 valence electrons. The van der Waals surface area contributed by atoms with Crippen molar-refractivity contribution < 1.29 is 9.53 Å². The molecule has 0 saturated carbocycles. The number of H-pyrrole nitrogens is 1. The summed E-state index contributed by atoms with van der Waals surface area (Å²) in [5.41, 5.74) is 6.84. The molecule has 19 heavy (non-hydrogen) atoms. The summed E-state index contributed by atoms with van der Waals surface area (Å²) in [6.07, 6.45) is 0.694. The van der Waals surface area contributed by atoms with Crippen molar-refractivity contribution in [3.05, 3.63) is 41.6 Å². The number of nitrogens with zero attached hydrogens (tertiary/aromatic N) is 1. The van der Waals surface area contributed by atoms with Gasteiger partial charge < -0.3 is 15.8 Å².